The molecule has 0 fully saturated rings. The molecule has 2 nitrogen and oxygen atoms in total. The fourth-order valence-corrected chi connectivity index (χ4v) is 0.0962. The van der Waals surface area contributed by atoms with Crippen LogP contribution in [0.4, 0.5) is 0 Å². The summed E-state index contributed by atoms with van der Waals surface area (Å²) < 4.78 is 0. The van der Waals surface area contributed by atoms with Gasteiger partial charge in [0, 0.05) is 0 Å². The molecule has 0 bridgehead atoms. The van der Waals surface area contributed by atoms with Gasteiger partial charge < -0.3 is 11.5 Å². The molecule has 4 N–H and O–H groups in total. The maximum absolute atomic E-state index is 5.14. The Morgan fingerprint density at radius 2 is 1.67 bits per heavy atom. The van der Waals surface area contributed by atoms with Gasteiger partial charge in [-0.05, 0) is 25.9 Å². The van der Waals surface area contributed by atoms with Gasteiger partial charge in [-0.1, -0.05) is 0 Å². The molecule has 0 spiro atoms. The van der Waals surface area contributed by atoms with Gasteiger partial charge in [-0.3, -0.25) is 0 Å². The topological polar surface area (TPSA) is 52.0 Å². The molecule has 0 aromatic rings. The Kier molecular flexibility index (Phi) is 3.08. The summed E-state index contributed by atoms with van der Waals surface area (Å²) in [6, 6.07) is 0. The zero-order valence-electron chi connectivity index (χ0n) is 3.85. The van der Waals surface area contributed by atoms with Crippen molar-refractivity contribution >= 4 is 0 Å². The number of hydrogen-bond donors (Lipinski definition) is 2. The summed E-state index contributed by atoms with van der Waals surface area (Å²) >= 11 is 0. The monoisotopic (exact) mass is 87.1 g/mol. The van der Waals surface area contributed by atoms with Crippen LogP contribution in [0.15, 0.2) is 0 Å². The van der Waals surface area contributed by atoms with E-state index in [1.807, 2.05) is 0 Å². The van der Waals surface area contributed by atoms with Crippen LogP contribution < -0.4 is 11.5 Å². The van der Waals surface area contributed by atoms with Crippen LogP contribution in [0.1, 0.15) is 0 Å². The van der Waals surface area contributed by atoms with Crippen molar-refractivity contribution in [3.63, 3.8) is 0 Å². The van der Waals surface area contributed by atoms with E-state index in [0.717, 1.165) is 0 Å². The Balaban J connectivity index is 2.75. The van der Waals surface area contributed by atoms with Crippen LogP contribution in [0.25, 0.3) is 0 Å². The number of hydrogen-bond acceptors (Lipinski definition) is 2. The smallest absolute Gasteiger partial charge is 0.00368 e. The first-order valence-electron chi connectivity index (χ1n) is 2.04. The molecule has 0 atom stereocenters. The van der Waals surface area contributed by atoms with Gasteiger partial charge >= 0.3 is 0 Å². The average molecular weight is 87.1 g/mol. The molecule has 0 aliphatic rings. The van der Waals surface area contributed by atoms with E-state index in [9.17, 15) is 0 Å². The lowest BCUT2D eigenvalue weighted by molar-refractivity contribution is 0.671. The predicted octanol–water partition coefficient (Wildman–Crippen LogP) is -0.646. The lowest BCUT2D eigenvalue weighted by Gasteiger charge is -1.98. The minimum absolute atomic E-state index is 0.241. The highest BCUT2D eigenvalue weighted by Crippen LogP contribution is 1.80. The molecule has 0 aliphatic carbocycles. The largest absolute Gasteiger partial charge is 0.330 e. The molecule has 2 heteroatoms. The lowest BCUT2D eigenvalue weighted by atomic mass is 10.2. The van der Waals surface area contributed by atoms with Gasteiger partial charge in [0.05, 0.1) is 0 Å². The zero-order chi connectivity index (χ0) is 4.99. The molecule has 0 unspecified atom stereocenters. The van der Waals surface area contributed by atoms with Crippen LogP contribution in [0.2, 0.25) is 0 Å². The molecular weight excluding hydrogens is 76.1 g/mol. The van der Waals surface area contributed by atoms with E-state index in [-0.39, 0.29) is 5.92 Å². The van der Waals surface area contributed by atoms with Crippen molar-refractivity contribution in [1.82, 2.24) is 0 Å². The first kappa shape index (κ1) is 5.92. The Morgan fingerprint density at radius 3 is 1.67 bits per heavy atom. The van der Waals surface area contributed by atoms with Crippen molar-refractivity contribution < 1.29 is 0 Å². The fourth-order valence-electron chi connectivity index (χ4n) is 0.0962. The van der Waals surface area contributed by atoms with E-state index >= 15 is 0 Å². The third kappa shape index (κ3) is 2.18. The second-order valence-corrected chi connectivity index (χ2v) is 1.34. The maximum atomic E-state index is 5.14. The third-order valence-corrected chi connectivity index (χ3v) is 0.667. The maximum Gasteiger partial charge on any atom is -0.00368 e. The highest BCUT2D eigenvalue weighted by atomic mass is 14.6. The standard InChI is InChI=1S/C4H11N2/c1-4(2-5)3-6/h4H,1-3,5-6H2. The number of nitrogens with two attached hydrogens (primary N) is 2. The summed E-state index contributed by atoms with van der Waals surface area (Å²) in [5, 5.41) is 0. The molecule has 0 saturated heterocycles. The van der Waals surface area contributed by atoms with E-state index in [1.54, 1.807) is 0 Å². The van der Waals surface area contributed by atoms with Gasteiger partial charge in [0.15, 0.2) is 0 Å². The minimum Gasteiger partial charge on any atom is -0.330 e. The van der Waals surface area contributed by atoms with Crippen molar-refractivity contribution in [2.24, 2.45) is 17.4 Å². The summed E-state index contributed by atoms with van der Waals surface area (Å²) in [6.07, 6.45) is 0. The molecule has 6 heavy (non-hydrogen) atoms. The summed E-state index contributed by atoms with van der Waals surface area (Å²) in [5.41, 5.74) is 10.3. The second kappa shape index (κ2) is 3.12. The Bertz CT molecular complexity index is 24.7. The third-order valence-electron chi connectivity index (χ3n) is 0.667. The average Bonchev–Trinajstić information content (AvgIpc) is 1.65. The van der Waals surface area contributed by atoms with Crippen LogP contribution in [0.5, 0.6) is 0 Å². The normalized spacial score (nSPS) is 10.0. The van der Waals surface area contributed by atoms with Gasteiger partial charge in [0.2, 0.25) is 0 Å². The predicted molar refractivity (Wildman–Crippen MR) is 27.0 cm³/mol. The molecule has 37 valence electrons. The van der Waals surface area contributed by atoms with Gasteiger partial charge in [-0.25, -0.2) is 0 Å². The van der Waals surface area contributed by atoms with Gasteiger partial charge in [-0.2, -0.15) is 0 Å². The minimum atomic E-state index is 0.241. The summed E-state index contributed by atoms with van der Waals surface area (Å²) in [5.74, 6) is 0.241. The molecule has 0 heterocycles. The van der Waals surface area contributed by atoms with Crippen molar-refractivity contribution in [1.29, 1.82) is 0 Å². The first-order chi connectivity index (χ1) is 2.81. The Labute approximate surface area is 38.5 Å². The molecule has 1 radical (unpaired) electrons. The van der Waals surface area contributed by atoms with Gasteiger partial charge in [0.25, 0.3) is 0 Å². The molecule has 0 amide bonds. The van der Waals surface area contributed by atoms with Gasteiger partial charge in [0.1, 0.15) is 0 Å². The Hall–Kier alpha value is -0.0800. The summed E-state index contributed by atoms with van der Waals surface area (Å²) in [7, 11) is 0. The number of rotatable bonds is 2. The molecule has 0 aromatic carbocycles. The van der Waals surface area contributed by atoms with Crippen LogP contribution in [-0.4, -0.2) is 13.1 Å². The van der Waals surface area contributed by atoms with Crippen LogP contribution >= 0.6 is 0 Å². The summed E-state index contributed by atoms with van der Waals surface area (Å²) in [6.45, 7) is 4.81. The molecule has 0 rings (SSSR count). The highest BCUT2D eigenvalue weighted by Gasteiger charge is 1.89. The van der Waals surface area contributed by atoms with E-state index < -0.39 is 0 Å². The lowest BCUT2D eigenvalue weighted by Crippen LogP contribution is -2.19. The molecule has 0 saturated carbocycles. The van der Waals surface area contributed by atoms with Crippen LogP contribution in [-0.2, 0) is 0 Å². The van der Waals surface area contributed by atoms with E-state index in [1.165, 1.54) is 0 Å². The molecular formula is C4H11N2. The van der Waals surface area contributed by atoms with E-state index in [0.29, 0.717) is 13.1 Å². The van der Waals surface area contributed by atoms with Crippen molar-refractivity contribution in [3.05, 3.63) is 6.92 Å². The van der Waals surface area contributed by atoms with E-state index in [4.69, 9.17) is 11.5 Å². The van der Waals surface area contributed by atoms with Crippen molar-refractivity contribution in [3.8, 4) is 0 Å². The van der Waals surface area contributed by atoms with Gasteiger partial charge in [-0.15, -0.1) is 0 Å². The summed E-state index contributed by atoms with van der Waals surface area (Å²) in [4.78, 5) is 0. The van der Waals surface area contributed by atoms with Crippen molar-refractivity contribution in [2.75, 3.05) is 13.1 Å². The first-order valence-corrected chi connectivity index (χ1v) is 2.04. The SMILES string of the molecule is [CH2]C(CN)CN. The molecule has 0 aliphatic heterocycles. The van der Waals surface area contributed by atoms with Crippen LogP contribution in [0, 0.1) is 12.8 Å². The van der Waals surface area contributed by atoms with Crippen molar-refractivity contribution in [2.45, 2.75) is 0 Å². The fraction of sp³-hybridized carbons (Fsp3) is 0.750. The van der Waals surface area contributed by atoms with E-state index in [2.05, 4.69) is 6.92 Å². The quantitative estimate of drug-likeness (QED) is 0.470. The zero-order valence-corrected chi connectivity index (χ0v) is 3.85. The highest BCUT2D eigenvalue weighted by molar-refractivity contribution is 4.59. The molecule has 0 aromatic heterocycles. The Morgan fingerprint density at radius 1 is 1.33 bits per heavy atom. The van der Waals surface area contributed by atoms with Crippen LogP contribution in [0.3, 0.4) is 0 Å². The second-order valence-electron chi connectivity index (χ2n) is 1.34.